The first kappa shape index (κ1) is 28.8. The smallest absolute Gasteiger partial charge is 0.259 e. The Morgan fingerprint density at radius 1 is 1.05 bits per heavy atom. The van der Waals surface area contributed by atoms with Crippen molar-refractivity contribution < 1.29 is 23.7 Å². The van der Waals surface area contributed by atoms with Crippen molar-refractivity contribution in [1.29, 1.82) is 0 Å². The van der Waals surface area contributed by atoms with E-state index in [1.165, 1.54) is 4.88 Å². The molecule has 0 spiro atoms. The number of fused-ring (bicyclic) bond motifs is 2. The third-order valence-electron chi connectivity index (χ3n) is 8.08. The van der Waals surface area contributed by atoms with Crippen molar-refractivity contribution in [2.24, 2.45) is 16.3 Å². The van der Waals surface area contributed by atoms with Crippen LogP contribution < -0.4 is 24.3 Å². The van der Waals surface area contributed by atoms with Crippen molar-refractivity contribution in [3.05, 3.63) is 93.9 Å². The summed E-state index contributed by atoms with van der Waals surface area (Å²) in [5, 5.41) is 3.82. The number of amides is 1. The Morgan fingerprint density at radius 3 is 2.65 bits per heavy atom. The molecule has 1 aliphatic heterocycles. The molecule has 4 aromatic rings. The normalized spacial score (nSPS) is 15.8. The number of anilines is 1. The number of thiophene rings is 1. The minimum atomic E-state index is -0.116. The molecule has 7 nitrogen and oxygen atoms in total. The molecule has 0 bridgehead atoms. The molecule has 0 radical (unpaired) electrons. The van der Waals surface area contributed by atoms with Crippen molar-refractivity contribution in [3.8, 4) is 23.0 Å². The molecule has 43 heavy (non-hydrogen) atoms. The topological polar surface area (TPSA) is 78.4 Å². The molecule has 1 aromatic heterocycles. The van der Waals surface area contributed by atoms with Gasteiger partial charge in [-0.15, -0.1) is 11.3 Å². The van der Waals surface area contributed by atoms with Crippen LogP contribution in [0.1, 0.15) is 59.1 Å². The van der Waals surface area contributed by atoms with Crippen LogP contribution in [0.5, 0.6) is 23.0 Å². The Balaban J connectivity index is 1.24. The molecule has 2 aliphatic rings. The van der Waals surface area contributed by atoms with Gasteiger partial charge in [0.1, 0.15) is 11.6 Å². The highest BCUT2D eigenvalue weighted by Crippen LogP contribution is 2.45. The van der Waals surface area contributed by atoms with Gasteiger partial charge in [0, 0.05) is 16.8 Å². The van der Waals surface area contributed by atoms with E-state index in [1.807, 2.05) is 66.7 Å². The van der Waals surface area contributed by atoms with Gasteiger partial charge in [0.05, 0.1) is 12.7 Å². The first-order chi connectivity index (χ1) is 20.8. The van der Waals surface area contributed by atoms with E-state index in [9.17, 15) is 4.79 Å². The third kappa shape index (κ3) is 6.39. The minimum absolute atomic E-state index is 0.116. The number of carbonyl (C=O) groups is 1. The monoisotopic (exact) mass is 596 g/mol. The molecular weight excluding hydrogens is 560 g/mol. The molecule has 1 N–H and O–H groups in total. The second kappa shape index (κ2) is 12.1. The van der Waals surface area contributed by atoms with Gasteiger partial charge in [-0.3, -0.25) is 4.79 Å². The lowest BCUT2D eigenvalue weighted by molar-refractivity contribution is 0.102. The predicted octanol–water partition coefficient (Wildman–Crippen LogP) is 8.22. The molecule has 8 heteroatoms. The molecule has 0 saturated carbocycles. The summed E-state index contributed by atoms with van der Waals surface area (Å²) in [4.78, 5) is 19.8. The quantitative estimate of drug-likeness (QED) is 0.207. The fourth-order valence-corrected chi connectivity index (χ4v) is 6.83. The number of para-hydroxylation sites is 1. The summed E-state index contributed by atoms with van der Waals surface area (Å²) in [6, 6.07) is 21.0. The van der Waals surface area contributed by atoms with E-state index in [4.69, 9.17) is 23.9 Å². The number of hydrogen-bond acceptors (Lipinski definition) is 7. The van der Waals surface area contributed by atoms with Crippen LogP contribution in [0.2, 0.25) is 0 Å². The first-order valence-corrected chi connectivity index (χ1v) is 15.3. The lowest BCUT2D eigenvalue weighted by atomic mass is 9.72. The molecule has 0 fully saturated rings. The molecule has 222 valence electrons. The zero-order valence-corrected chi connectivity index (χ0v) is 25.8. The van der Waals surface area contributed by atoms with Crippen molar-refractivity contribution in [3.63, 3.8) is 0 Å². The number of ether oxygens (including phenoxy) is 4. The highest BCUT2D eigenvalue weighted by Gasteiger charge is 2.33. The van der Waals surface area contributed by atoms with Gasteiger partial charge in [-0.2, -0.15) is 0 Å². The van der Waals surface area contributed by atoms with Crippen LogP contribution in [-0.2, 0) is 19.4 Å². The average Bonchev–Trinajstić information content (AvgIpc) is 3.63. The van der Waals surface area contributed by atoms with E-state index in [1.54, 1.807) is 24.7 Å². The molecule has 0 unspecified atom stereocenters. The number of hydrogen-bond donors (Lipinski definition) is 1. The maximum atomic E-state index is 13.6. The zero-order chi connectivity index (χ0) is 30.0. The predicted molar refractivity (Wildman–Crippen MR) is 171 cm³/mol. The van der Waals surface area contributed by atoms with E-state index in [0.717, 1.165) is 58.1 Å². The van der Waals surface area contributed by atoms with Crippen molar-refractivity contribution in [2.75, 3.05) is 19.2 Å². The lowest BCUT2D eigenvalue weighted by Gasteiger charge is -2.33. The Hall–Kier alpha value is -4.30. The molecule has 3 aromatic carbocycles. The van der Waals surface area contributed by atoms with Crippen LogP contribution in [0.4, 0.5) is 10.7 Å². The van der Waals surface area contributed by atoms with E-state index in [2.05, 4.69) is 26.1 Å². The maximum Gasteiger partial charge on any atom is 0.259 e. The van der Waals surface area contributed by atoms with Gasteiger partial charge in [0.15, 0.2) is 23.0 Å². The maximum absolute atomic E-state index is 13.6. The number of rotatable bonds is 8. The zero-order valence-electron chi connectivity index (χ0n) is 24.9. The van der Waals surface area contributed by atoms with Crippen LogP contribution in [-0.4, -0.2) is 26.0 Å². The van der Waals surface area contributed by atoms with Crippen molar-refractivity contribution >= 4 is 34.1 Å². The van der Waals surface area contributed by atoms with E-state index >= 15 is 0 Å². The summed E-state index contributed by atoms with van der Waals surface area (Å²) >= 11 is 1.63. The largest absolute Gasteiger partial charge is 0.493 e. The standard InChI is InChI=1S/C35H36N2O5S/c1-35(2,3)24-12-13-26-31(18-24)43-34(32(26)33(38)37-25-8-6-5-7-9-25)36-19-22-10-14-27(29(16-22)39-4)40-20-23-11-15-28-30(17-23)42-21-41-28/h5-11,14-17,19,24H,12-13,18,20-21H2,1-4H3,(H,37,38)/t24-/m0/s1. The van der Waals surface area contributed by atoms with Crippen molar-refractivity contribution in [2.45, 2.75) is 46.6 Å². The number of methoxy groups -OCH3 is 1. The summed E-state index contributed by atoms with van der Waals surface area (Å²) in [5.74, 6) is 3.14. The van der Waals surface area contributed by atoms with Gasteiger partial charge in [-0.05, 0) is 89.8 Å². The minimum Gasteiger partial charge on any atom is -0.493 e. The summed E-state index contributed by atoms with van der Waals surface area (Å²) in [7, 11) is 1.62. The number of nitrogens with zero attached hydrogens (tertiary/aromatic N) is 1. The molecule has 0 saturated heterocycles. The van der Waals surface area contributed by atoms with Gasteiger partial charge in [-0.25, -0.2) is 4.99 Å². The average molecular weight is 597 g/mol. The van der Waals surface area contributed by atoms with Gasteiger partial charge in [0.2, 0.25) is 6.79 Å². The Bertz CT molecular complexity index is 1650. The molecule has 2 heterocycles. The van der Waals surface area contributed by atoms with Crippen LogP contribution in [0.3, 0.4) is 0 Å². The van der Waals surface area contributed by atoms with Crippen LogP contribution >= 0.6 is 11.3 Å². The number of benzene rings is 3. The Labute approximate surface area is 256 Å². The summed E-state index contributed by atoms with van der Waals surface area (Å²) in [6.07, 6.45) is 4.70. The van der Waals surface area contributed by atoms with Gasteiger partial charge in [-0.1, -0.05) is 45.0 Å². The summed E-state index contributed by atoms with van der Waals surface area (Å²) in [5.41, 5.74) is 4.61. The first-order valence-electron chi connectivity index (χ1n) is 14.5. The lowest BCUT2D eigenvalue weighted by Crippen LogP contribution is -2.27. The Morgan fingerprint density at radius 2 is 1.86 bits per heavy atom. The molecule has 6 rings (SSSR count). The summed E-state index contributed by atoms with van der Waals surface area (Å²) < 4.78 is 22.6. The van der Waals surface area contributed by atoms with Gasteiger partial charge >= 0.3 is 0 Å². The number of aliphatic imine (C=N–C) groups is 1. The molecule has 1 aliphatic carbocycles. The fraction of sp³-hybridized carbons (Fsp3) is 0.314. The molecule has 1 atom stereocenters. The fourth-order valence-electron chi connectivity index (χ4n) is 5.56. The number of nitrogens with one attached hydrogen (secondary N) is 1. The molecule has 1 amide bonds. The van der Waals surface area contributed by atoms with E-state index < -0.39 is 0 Å². The summed E-state index contributed by atoms with van der Waals surface area (Å²) in [6.45, 7) is 7.49. The molecular formula is C35H36N2O5S. The number of carbonyl (C=O) groups excluding carboxylic acids is 1. The Kier molecular flexibility index (Phi) is 8.13. The van der Waals surface area contributed by atoms with Crippen LogP contribution in [0.25, 0.3) is 0 Å². The highest BCUT2D eigenvalue weighted by molar-refractivity contribution is 7.16. The van der Waals surface area contributed by atoms with E-state index in [-0.39, 0.29) is 18.1 Å². The van der Waals surface area contributed by atoms with Gasteiger partial charge in [0.25, 0.3) is 5.91 Å². The third-order valence-corrected chi connectivity index (χ3v) is 9.24. The second-order valence-electron chi connectivity index (χ2n) is 12.0. The van der Waals surface area contributed by atoms with Gasteiger partial charge < -0.3 is 24.3 Å². The van der Waals surface area contributed by atoms with E-state index in [0.29, 0.717) is 29.6 Å². The SMILES string of the molecule is COc1cc(C=Nc2sc3c(c2C(=O)Nc2ccccc2)CC[C@H](C(C)(C)C)C3)ccc1OCc1ccc2c(c1)OCO2. The second-order valence-corrected chi connectivity index (χ2v) is 13.0. The van der Waals surface area contributed by atoms with Crippen molar-refractivity contribution in [1.82, 2.24) is 0 Å². The highest BCUT2D eigenvalue weighted by atomic mass is 32.1. The van der Waals surface area contributed by atoms with Crippen LogP contribution in [0.15, 0.2) is 71.7 Å². The van der Waals surface area contributed by atoms with Crippen LogP contribution in [0, 0.1) is 11.3 Å².